The lowest BCUT2D eigenvalue weighted by atomic mass is 10.2. The van der Waals surface area contributed by atoms with E-state index in [-0.39, 0.29) is 36.8 Å². The van der Waals surface area contributed by atoms with Crippen LogP contribution in [-0.4, -0.2) is 48.2 Å². The molecular weight excluding hydrogens is 445 g/mol. The zero-order valence-corrected chi connectivity index (χ0v) is 18.5. The number of halogens is 2. The summed E-state index contributed by atoms with van der Waals surface area (Å²) in [5.74, 6) is 0.544. The second-order valence-electron chi connectivity index (χ2n) is 6.39. The molecular formula is C20H23Cl2N5O2S. The third-order valence-electron chi connectivity index (χ3n) is 4.43. The van der Waals surface area contributed by atoms with Gasteiger partial charge in [0.05, 0.1) is 12.2 Å². The average molecular weight is 468 g/mol. The summed E-state index contributed by atoms with van der Waals surface area (Å²) in [7, 11) is 0. The van der Waals surface area contributed by atoms with Gasteiger partial charge in [0, 0.05) is 36.9 Å². The van der Waals surface area contributed by atoms with Gasteiger partial charge in [-0.3, -0.25) is 9.78 Å². The Balaban J connectivity index is 0.00000160. The molecule has 4 rings (SSSR count). The minimum atomic E-state index is -0.202. The van der Waals surface area contributed by atoms with Gasteiger partial charge in [-0.05, 0) is 24.3 Å². The molecule has 1 unspecified atom stereocenters. The van der Waals surface area contributed by atoms with Crippen molar-refractivity contribution in [2.75, 3.05) is 36.5 Å². The zero-order valence-electron chi connectivity index (χ0n) is 16.1. The number of thiazole rings is 1. The van der Waals surface area contributed by atoms with Gasteiger partial charge in [0.1, 0.15) is 18.1 Å². The van der Waals surface area contributed by atoms with Crippen molar-refractivity contribution in [3.05, 3.63) is 65.9 Å². The average Bonchev–Trinajstić information content (AvgIpc) is 3.24. The number of para-hydroxylation sites is 1. The van der Waals surface area contributed by atoms with Gasteiger partial charge in [-0.25, -0.2) is 4.98 Å². The summed E-state index contributed by atoms with van der Waals surface area (Å²) in [5, 5.41) is 8.90. The Hall–Kier alpha value is -2.39. The predicted molar refractivity (Wildman–Crippen MR) is 125 cm³/mol. The molecule has 30 heavy (non-hydrogen) atoms. The smallest absolute Gasteiger partial charge is 0.275 e. The number of nitrogens with one attached hydrogen (secondary N) is 2. The molecule has 0 saturated carbocycles. The summed E-state index contributed by atoms with van der Waals surface area (Å²) in [5.41, 5.74) is 1.18. The number of hydrogen-bond donors (Lipinski definition) is 2. The molecule has 1 atom stereocenters. The molecule has 0 radical (unpaired) electrons. The number of carbonyl (C=O) groups excluding carboxylic acids is 1. The molecule has 160 valence electrons. The monoisotopic (exact) mass is 467 g/mol. The number of carbonyl (C=O) groups is 1. The molecule has 1 aliphatic rings. The quantitative estimate of drug-likeness (QED) is 0.577. The molecule has 1 fully saturated rings. The van der Waals surface area contributed by atoms with Crippen LogP contribution < -0.4 is 20.3 Å². The molecule has 0 bridgehead atoms. The Morgan fingerprint density at radius 2 is 2.07 bits per heavy atom. The van der Waals surface area contributed by atoms with Crippen LogP contribution in [0.4, 0.5) is 10.8 Å². The van der Waals surface area contributed by atoms with Gasteiger partial charge in [0.2, 0.25) is 0 Å². The summed E-state index contributed by atoms with van der Waals surface area (Å²) >= 11 is 1.48. The van der Waals surface area contributed by atoms with Crippen LogP contribution in [0.1, 0.15) is 10.5 Å². The topological polar surface area (TPSA) is 79.4 Å². The largest absolute Gasteiger partial charge is 0.490 e. The van der Waals surface area contributed by atoms with Gasteiger partial charge in [0.25, 0.3) is 5.91 Å². The normalized spacial score (nSPS) is 15.5. The van der Waals surface area contributed by atoms with Crippen LogP contribution in [0.2, 0.25) is 0 Å². The SMILES string of the molecule is Cl.Cl.O=C(Nc1ccccc1)c1csc(N2CCNCC2COc2cccnc2)n1. The van der Waals surface area contributed by atoms with Crippen molar-refractivity contribution in [1.82, 2.24) is 15.3 Å². The first kappa shape index (κ1) is 23.9. The number of pyridine rings is 1. The number of hydrogen-bond acceptors (Lipinski definition) is 7. The molecule has 0 spiro atoms. The van der Waals surface area contributed by atoms with E-state index >= 15 is 0 Å². The molecule has 1 amide bonds. The second kappa shape index (κ2) is 11.7. The summed E-state index contributed by atoms with van der Waals surface area (Å²) in [6.07, 6.45) is 3.43. The van der Waals surface area contributed by atoms with Crippen molar-refractivity contribution in [2.45, 2.75) is 6.04 Å². The van der Waals surface area contributed by atoms with E-state index in [1.165, 1.54) is 11.3 Å². The molecule has 2 N–H and O–H groups in total. The molecule has 2 aromatic heterocycles. The van der Waals surface area contributed by atoms with Gasteiger partial charge in [0.15, 0.2) is 5.13 Å². The summed E-state index contributed by atoms with van der Waals surface area (Å²) < 4.78 is 5.88. The van der Waals surface area contributed by atoms with Crippen molar-refractivity contribution in [3.8, 4) is 5.75 Å². The van der Waals surface area contributed by atoms with E-state index in [4.69, 9.17) is 4.74 Å². The fourth-order valence-corrected chi connectivity index (χ4v) is 3.91. The molecule has 10 heteroatoms. The van der Waals surface area contributed by atoms with Crippen LogP contribution in [0.3, 0.4) is 0 Å². The molecule has 1 aromatic carbocycles. The van der Waals surface area contributed by atoms with Crippen molar-refractivity contribution >= 4 is 52.9 Å². The molecule has 3 heterocycles. The van der Waals surface area contributed by atoms with Crippen molar-refractivity contribution in [3.63, 3.8) is 0 Å². The van der Waals surface area contributed by atoms with E-state index in [2.05, 4.69) is 25.5 Å². The zero-order chi connectivity index (χ0) is 19.2. The maximum absolute atomic E-state index is 12.5. The fourth-order valence-electron chi connectivity index (χ4n) is 3.00. The second-order valence-corrected chi connectivity index (χ2v) is 7.22. The highest BCUT2D eigenvalue weighted by Crippen LogP contribution is 2.24. The number of rotatable bonds is 6. The standard InChI is InChI=1S/C20H21N5O2S.2ClH/c26-19(23-15-5-2-1-3-6-15)18-14-28-20(24-18)25-10-9-22-11-16(25)13-27-17-7-4-8-21-12-17;;/h1-8,12,14,16,22H,9-11,13H2,(H,23,26);2*1H. The summed E-state index contributed by atoms with van der Waals surface area (Å²) in [4.78, 5) is 23.3. The van der Waals surface area contributed by atoms with Crippen molar-refractivity contribution in [2.24, 2.45) is 0 Å². The Kier molecular flexibility index (Phi) is 9.32. The van der Waals surface area contributed by atoms with Crippen LogP contribution in [0.15, 0.2) is 60.2 Å². The lowest BCUT2D eigenvalue weighted by molar-refractivity contribution is 0.102. The number of piperazine rings is 1. The molecule has 0 aliphatic carbocycles. The van der Waals surface area contributed by atoms with E-state index in [1.54, 1.807) is 17.8 Å². The lowest BCUT2D eigenvalue weighted by Gasteiger charge is -2.35. The van der Waals surface area contributed by atoms with Gasteiger partial charge < -0.3 is 20.3 Å². The van der Waals surface area contributed by atoms with E-state index < -0.39 is 0 Å². The van der Waals surface area contributed by atoms with Crippen LogP contribution in [0, 0.1) is 0 Å². The van der Waals surface area contributed by atoms with Crippen LogP contribution in [0.5, 0.6) is 5.75 Å². The summed E-state index contributed by atoms with van der Waals surface area (Å²) in [6.45, 7) is 3.00. The van der Waals surface area contributed by atoms with Gasteiger partial charge >= 0.3 is 0 Å². The van der Waals surface area contributed by atoms with Crippen molar-refractivity contribution in [1.29, 1.82) is 0 Å². The first-order valence-electron chi connectivity index (χ1n) is 9.12. The highest BCUT2D eigenvalue weighted by Gasteiger charge is 2.26. The van der Waals surface area contributed by atoms with Gasteiger partial charge in [-0.2, -0.15) is 0 Å². The maximum atomic E-state index is 12.5. The first-order chi connectivity index (χ1) is 13.8. The molecule has 3 aromatic rings. The van der Waals surface area contributed by atoms with Crippen molar-refractivity contribution < 1.29 is 9.53 Å². The molecule has 1 saturated heterocycles. The van der Waals surface area contributed by atoms with Gasteiger partial charge in [-0.15, -0.1) is 36.2 Å². The Morgan fingerprint density at radius 1 is 1.23 bits per heavy atom. The van der Waals surface area contributed by atoms with Crippen LogP contribution >= 0.6 is 36.2 Å². The number of aromatic nitrogens is 2. The van der Waals surface area contributed by atoms with Gasteiger partial charge in [-0.1, -0.05) is 18.2 Å². The highest BCUT2D eigenvalue weighted by molar-refractivity contribution is 7.14. The third kappa shape index (κ3) is 6.06. The predicted octanol–water partition coefficient (Wildman–Crippen LogP) is 3.49. The number of nitrogens with zero attached hydrogens (tertiary/aromatic N) is 3. The van der Waals surface area contributed by atoms with E-state index in [1.807, 2.05) is 42.5 Å². The lowest BCUT2D eigenvalue weighted by Crippen LogP contribution is -2.54. The number of amides is 1. The molecule has 7 nitrogen and oxygen atoms in total. The van der Waals surface area contributed by atoms with Crippen LogP contribution in [0.25, 0.3) is 0 Å². The Bertz CT molecular complexity index is 914. The van der Waals surface area contributed by atoms with E-state index in [9.17, 15) is 4.79 Å². The van der Waals surface area contributed by atoms with E-state index in [0.717, 1.165) is 36.2 Å². The minimum absolute atomic E-state index is 0. The Labute approximate surface area is 191 Å². The summed E-state index contributed by atoms with van der Waals surface area (Å²) in [6, 6.07) is 13.3. The highest BCUT2D eigenvalue weighted by atomic mass is 35.5. The fraction of sp³-hybridized carbons (Fsp3) is 0.250. The third-order valence-corrected chi connectivity index (χ3v) is 5.31. The van der Waals surface area contributed by atoms with Crippen LogP contribution in [-0.2, 0) is 0 Å². The number of ether oxygens (including phenoxy) is 1. The first-order valence-corrected chi connectivity index (χ1v) is 10.00. The molecule has 1 aliphatic heterocycles. The maximum Gasteiger partial charge on any atom is 0.275 e. The Morgan fingerprint density at radius 3 is 2.83 bits per heavy atom. The number of anilines is 2. The minimum Gasteiger partial charge on any atom is -0.490 e. The number of benzene rings is 1. The van der Waals surface area contributed by atoms with E-state index in [0.29, 0.717) is 12.3 Å².